The number of hydroxylamine groups is 2. The molecule has 0 aliphatic carbocycles. The van der Waals surface area contributed by atoms with Gasteiger partial charge in [-0.05, 0) is 88.1 Å². The van der Waals surface area contributed by atoms with E-state index in [2.05, 4.69) is 86.2 Å². The molecule has 1 atom stereocenters. The van der Waals surface area contributed by atoms with E-state index in [1.165, 1.54) is 12.8 Å². The second-order valence-electron chi connectivity index (χ2n) is 16.0. The summed E-state index contributed by atoms with van der Waals surface area (Å²) in [6, 6.07) is 0. The summed E-state index contributed by atoms with van der Waals surface area (Å²) in [6.45, 7) is 22.2. The lowest BCUT2D eigenvalue weighted by Gasteiger charge is -2.54. The summed E-state index contributed by atoms with van der Waals surface area (Å²) in [6.07, 6.45) is 14.8. The van der Waals surface area contributed by atoms with Gasteiger partial charge in [0.2, 0.25) is 0 Å². The van der Waals surface area contributed by atoms with Gasteiger partial charge in [0, 0.05) is 60.7 Å². The van der Waals surface area contributed by atoms with E-state index >= 15 is 0 Å². The van der Waals surface area contributed by atoms with Gasteiger partial charge in [-0.3, -0.25) is 19.3 Å². The Bertz CT molecular complexity index is 832. The molecule has 2 rings (SSSR count). The third-order valence-electron chi connectivity index (χ3n) is 10.0. The van der Waals surface area contributed by atoms with Gasteiger partial charge in [-0.15, -0.1) is 0 Å². The average molecular weight is 609 g/mol. The normalized spacial score (nSPS) is 23.1. The zero-order valence-corrected chi connectivity index (χ0v) is 30.0. The summed E-state index contributed by atoms with van der Waals surface area (Å²) < 4.78 is 11.9. The highest BCUT2D eigenvalue weighted by Crippen LogP contribution is 2.41. The van der Waals surface area contributed by atoms with Gasteiger partial charge in [0.1, 0.15) is 12.2 Å². The maximum Gasteiger partial charge on any atom is 0.306 e. The van der Waals surface area contributed by atoms with Gasteiger partial charge < -0.3 is 9.47 Å². The Morgan fingerprint density at radius 1 is 0.651 bits per heavy atom. The number of unbranched alkanes of at least 4 members (excludes halogenated alkanes) is 6. The molecule has 0 aromatic rings. The van der Waals surface area contributed by atoms with Crippen molar-refractivity contribution in [2.24, 2.45) is 0 Å². The Labute approximate surface area is 265 Å². The molecule has 43 heavy (non-hydrogen) atoms. The van der Waals surface area contributed by atoms with Crippen LogP contribution in [0.2, 0.25) is 0 Å². The fourth-order valence-electron chi connectivity index (χ4n) is 7.55. The van der Waals surface area contributed by atoms with Gasteiger partial charge in [0.25, 0.3) is 0 Å². The Kier molecular flexibility index (Phi) is 14.5. The number of piperidine rings is 2. The lowest BCUT2D eigenvalue weighted by atomic mass is 9.79. The first-order valence-corrected chi connectivity index (χ1v) is 17.5. The van der Waals surface area contributed by atoms with Crippen LogP contribution < -0.4 is 0 Å². The molecule has 0 bridgehead atoms. The van der Waals surface area contributed by atoms with E-state index in [9.17, 15) is 9.59 Å². The number of esters is 2. The number of nitrogens with zero attached hydrogens (tertiary/aromatic N) is 2. The molecule has 0 saturated carbocycles. The summed E-state index contributed by atoms with van der Waals surface area (Å²) in [7, 11) is 2.17. The maximum absolute atomic E-state index is 12.7. The predicted molar refractivity (Wildman–Crippen MR) is 176 cm³/mol. The van der Waals surface area contributed by atoms with Gasteiger partial charge in [-0.2, -0.15) is 5.06 Å². The molecule has 2 aliphatic rings. The molecule has 0 aromatic heterocycles. The molecule has 2 fully saturated rings. The van der Waals surface area contributed by atoms with Crippen molar-refractivity contribution < 1.29 is 23.9 Å². The van der Waals surface area contributed by atoms with Gasteiger partial charge >= 0.3 is 11.9 Å². The molecule has 2 aliphatic heterocycles. The number of carbonyl (C=O) groups is 2. The largest absolute Gasteiger partial charge is 0.462 e. The average Bonchev–Trinajstić information content (AvgIpc) is 2.87. The Morgan fingerprint density at radius 3 is 1.44 bits per heavy atom. The van der Waals surface area contributed by atoms with Crippen LogP contribution in [0, 0.1) is 0 Å². The number of hydrogen-bond acceptors (Lipinski definition) is 7. The molecule has 1 unspecified atom stereocenters. The molecule has 0 amide bonds. The van der Waals surface area contributed by atoms with Gasteiger partial charge in [0.05, 0.1) is 6.10 Å². The van der Waals surface area contributed by atoms with Crippen LogP contribution in [0.25, 0.3) is 0 Å². The van der Waals surface area contributed by atoms with Crippen molar-refractivity contribution in [2.45, 2.75) is 212 Å². The summed E-state index contributed by atoms with van der Waals surface area (Å²) >= 11 is 0. The van der Waals surface area contributed by atoms with E-state index in [-0.39, 0.29) is 52.4 Å². The molecular formula is C36H68N2O5. The van der Waals surface area contributed by atoms with Crippen LogP contribution in [-0.4, -0.2) is 69.4 Å². The summed E-state index contributed by atoms with van der Waals surface area (Å²) in [5, 5.41) is 2.20. The van der Waals surface area contributed by atoms with Crippen molar-refractivity contribution in [3.8, 4) is 0 Å². The SMILES string of the molecule is CCCCC(CC)ON1C(C)(C)CC(OC(=O)CCCCCCCCC(=O)OC2CC(C)(C)N(C)C(C)(C)C2)CC1(C)C. The van der Waals surface area contributed by atoms with E-state index in [4.69, 9.17) is 14.3 Å². The second kappa shape index (κ2) is 16.4. The van der Waals surface area contributed by atoms with E-state index in [0.29, 0.717) is 12.8 Å². The van der Waals surface area contributed by atoms with Crippen molar-refractivity contribution in [2.75, 3.05) is 7.05 Å². The van der Waals surface area contributed by atoms with Crippen molar-refractivity contribution >= 4 is 11.9 Å². The summed E-state index contributed by atoms with van der Waals surface area (Å²) in [5.41, 5.74) is -0.381. The van der Waals surface area contributed by atoms with Crippen LogP contribution in [0.4, 0.5) is 0 Å². The van der Waals surface area contributed by atoms with Crippen LogP contribution in [0.3, 0.4) is 0 Å². The number of likely N-dealkylation sites (tertiary alicyclic amines) is 1. The molecule has 252 valence electrons. The Morgan fingerprint density at radius 2 is 1.05 bits per heavy atom. The standard InChI is InChI=1S/C36H68N2O5/c1-12-14-21-28(13-2)43-38-35(7,8)26-30(27-36(38,9)10)42-32(40)23-20-18-16-15-17-19-22-31(39)41-29-24-33(3,4)37(11)34(5,6)25-29/h28-30H,12-27H2,1-11H3. The van der Waals surface area contributed by atoms with Gasteiger partial charge in [0.15, 0.2) is 0 Å². The Hall–Kier alpha value is -1.18. The maximum atomic E-state index is 12.7. The zero-order chi connectivity index (χ0) is 32.5. The van der Waals surface area contributed by atoms with Crippen LogP contribution in [0.15, 0.2) is 0 Å². The number of ether oxygens (including phenoxy) is 2. The molecule has 7 heteroatoms. The van der Waals surface area contributed by atoms with Crippen LogP contribution in [0.5, 0.6) is 0 Å². The first-order chi connectivity index (χ1) is 19.9. The summed E-state index contributed by atoms with van der Waals surface area (Å²) in [4.78, 5) is 34.2. The first kappa shape index (κ1) is 38.0. The fraction of sp³-hybridized carbons (Fsp3) is 0.944. The topological polar surface area (TPSA) is 68.3 Å². The number of carbonyl (C=O) groups excluding carboxylic acids is 2. The monoisotopic (exact) mass is 609 g/mol. The van der Waals surface area contributed by atoms with Gasteiger partial charge in [-0.25, -0.2) is 0 Å². The molecule has 2 heterocycles. The number of rotatable bonds is 17. The highest BCUT2D eigenvalue weighted by atomic mass is 16.7. The first-order valence-electron chi connectivity index (χ1n) is 17.5. The van der Waals surface area contributed by atoms with Crippen molar-refractivity contribution in [1.82, 2.24) is 9.96 Å². The zero-order valence-electron chi connectivity index (χ0n) is 30.0. The summed E-state index contributed by atoms with van der Waals surface area (Å²) in [5.74, 6) is -0.141. The van der Waals surface area contributed by atoms with Crippen LogP contribution in [0.1, 0.15) is 172 Å². The smallest absolute Gasteiger partial charge is 0.306 e. The highest BCUT2D eigenvalue weighted by molar-refractivity contribution is 5.69. The van der Waals surface area contributed by atoms with E-state index in [0.717, 1.165) is 77.0 Å². The van der Waals surface area contributed by atoms with Gasteiger partial charge in [-0.1, -0.05) is 52.4 Å². The minimum absolute atomic E-state index is 0.00422. The molecule has 0 spiro atoms. The lowest BCUT2D eigenvalue weighted by Crippen LogP contribution is -2.62. The molecule has 0 radical (unpaired) electrons. The van der Waals surface area contributed by atoms with Crippen molar-refractivity contribution in [1.29, 1.82) is 0 Å². The van der Waals surface area contributed by atoms with Crippen LogP contribution in [-0.2, 0) is 23.9 Å². The van der Waals surface area contributed by atoms with Crippen molar-refractivity contribution in [3.05, 3.63) is 0 Å². The Balaban J connectivity index is 1.62. The minimum atomic E-state index is -0.209. The minimum Gasteiger partial charge on any atom is -0.462 e. The van der Waals surface area contributed by atoms with E-state index < -0.39 is 0 Å². The van der Waals surface area contributed by atoms with Crippen molar-refractivity contribution in [3.63, 3.8) is 0 Å². The molecule has 0 aromatic carbocycles. The van der Waals surface area contributed by atoms with E-state index in [1.54, 1.807) is 0 Å². The number of hydrogen-bond donors (Lipinski definition) is 0. The third-order valence-corrected chi connectivity index (χ3v) is 10.0. The molecular weight excluding hydrogens is 540 g/mol. The van der Waals surface area contributed by atoms with E-state index in [1.807, 2.05) is 0 Å². The quantitative estimate of drug-likeness (QED) is 0.121. The molecule has 7 nitrogen and oxygen atoms in total. The lowest BCUT2D eigenvalue weighted by molar-refractivity contribution is -0.316. The highest BCUT2D eigenvalue weighted by Gasteiger charge is 2.48. The third kappa shape index (κ3) is 11.9. The molecule has 2 saturated heterocycles. The molecule has 0 N–H and O–H groups in total. The fourth-order valence-corrected chi connectivity index (χ4v) is 7.55. The predicted octanol–water partition coefficient (Wildman–Crippen LogP) is 8.77. The van der Waals surface area contributed by atoms with Crippen LogP contribution >= 0.6 is 0 Å². The second-order valence-corrected chi connectivity index (χ2v) is 16.0.